The Morgan fingerprint density at radius 1 is 0.950 bits per heavy atom. The topological polar surface area (TPSA) is 30.5 Å². The maximum absolute atomic E-state index is 5.43. The summed E-state index contributed by atoms with van der Waals surface area (Å²) >= 11 is 0. The Bertz CT molecular complexity index is 549. The molecule has 20 heavy (non-hydrogen) atoms. The van der Waals surface area contributed by atoms with Crippen molar-refractivity contribution in [3.63, 3.8) is 0 Å². The first-order valence-electron chi connectivity index (χ1n) is 6.81. The second-order valence-electron chi connectivity index (χ2n) is 4.56. The predicted octanol–water partition coefficient (Wildman–Crippen LogP) is 3.88. The molecule has 2 rings (SSSR count). The van der Waals surface area contributed by atoms with Gasteiger partial charge in [0.15, 0.2) is 11.5 Å². The van der Waals surface area contributed by atoms with Crippen LogP contribution in [-0.2, 0) is 13.0 Å². The van der Waals surface area contributed by atoms with Gasteiger partial charge in [-0.3, -0.25) is 0 Å². The highest BCUT2D eigenvalue weighted by atomic mass is 16.5. The van der Waals surface area contributed by atoms with Gasteiger partial charge in [0.1, 0.15) is 0 Å². The van der Waals surface area contributed by atoms with Crippen LogP contribution in [0.25, 0.3) is 0 Å². The largest absolute Gasteiger partial charge is 0.493 e. The lowest BCUT2D eigenvalue weighted by Crippen LogP contribution is -2.03. The van der Waals surface area contributed by atoms with Crippen LogP contribution in [-0.4, -0.2) is 14.2 Å². The smallest absolute Gasteiger partial charge is 0.165 e. The highest BCUT2D eigenvalue weighted by Crippen LogP contribution is 2.31. The van der Waals surface area contributed by atoms with Gasteiger partial charge in [-0.25, -0.2) is 0 Å². The van der Waals surface area contributed by atoms with Gasteiger partial charge in [-0.2, -0.15) is 0 Å². The molecule has 0 spiro atoms. The van der Waals surface area contributed by atoms with Crippen molar-refractivity contribution in [1.82, 2.24) is 0 Å². The number of methoxy groups -OCH3 is 2. The molecule has 0 saturated heterocycles. The normalized spacial score (nSPS) is 10.2. The van der Waals surface area contributed by atoms with Crippen LogP contribution in [0.1, 0.15) is 18.1 Å². The number of hydrogen-bond donors (Lipinski definition) is 1. The molecular weight excluding hydrogens is 250 g/mol. The van der Waals surface area contributed by atoms with Crippen LogP contribution in [0.15, 0.2) is 42.5 Å². The number of rotatable bonds is 6. The Morgan fingerprint density at radius 2 is 1.70 bits per heavy atom. The number of hydrogen-bond acceptors (Lipinski definition) is 3. The van der Waals surface area contributed by atoms with E-state index >= 15 is 0 Å². The van der Waals surface area contributed by atoms with Gasteiger partial charge >= 0.3 is 0 Å². The molecular formula is C17H21NO2. The molecule has 0 radical (unpaired) electrons. The summed E-state index contributed by atoms with van der Waals surface area (Å²) < 4.78 is 10.7. The number of nitrogens with one attached hydrogen (secondary N) is 1. The van der Waals surface area contributed by atoms with Crippen molar-refractivity contribution in [2.75, 3.05) is 19.5 Å². The van der Waals surface area contributed by atoms with E-state index in [9.17, 15) is 0 Å². The minimum atomic E-state index is 0.700. The molecule has 3 nitrogen and oxygen atoms in total. The van der Waals surface area contributed by atoms with Gasteiger partial charge in [-0.15, -0.1) is 0 Å². The van der Waals surface area contributed by atoms with Gasteiger partial charge in [-0.05, 0) is 30.2 Å². The Labute approximate surface area is 120 Å². The van der Waals surface area contributed by atoms with Crippen molar-refractivity contribution in [2.45, 2.75) is 19.9 Å². The summed E-state index contributed by atoms with van der Waals surface area (Å²) in [7, 11) is 3.32. The second-order valence-corrected chi connectivity index (χ2v) is 4.56. The monoisotopic (exact) mass is 271 g/mol. The van der Waals surface area contributed by atoms with Crippen LogP contribution in [0.5, 0.6) is 11.5 Å². The zero-order valence-electron chi connectivity index (χ0n) is 12.3. The van der Waals surface area contributed by atoms with E-state index in [4.69, 9.17) is 9.47 Å². The minimum absolute atomic E-state index is 0.700. The van der Waals surface area contributed by atoms with E-state index < -0.39 is 0 Å². The van der Waals surface area contributed by atoms with Crippen molar-refractivity contribution in [3.05, 3.63) is 53.6 Å². The number of benzene rings is 2. The maximum atomic E-state index is 5.43. The van der Waals surface area contributed by atoms with Gasteiger partial charge in [0.25, 0.3) is 0 Å². The van der Waals surface area contributed by atoms with Crippen LogP contribution in [0.2, 0.25) is 0 Å². The number of para-hydroxylation sites is 1. The molecule has 3 heteroatoms. The summed E-state index contributed by atoms with van der Waals surface area (Å²) in [6, 6.07) is 14.4. The maximum Gasteiger partial charge on any atom is 0.165 e. The third-order valence-corrected chi connectivity index (χ3v) is 3.33. The van der Waals surface area contributed by atoms with Crippen molar-refractivity contribution < 1.29 is 9.47 Å². The van der Waals surface area contributed by atoms with Gasteiger partial charge < -0.3 is 14.8 Å². The van der Waals surface area contributed by atoms with Gasteiger partial charge in [0.2, 0.25) is 0 Å². The van der Waals surface area contributed by atoms with E-state index in [1.165, 1.54) is 5.56 Å². The first-order chi connectivity index (χ1) is 9.78. The lowest BCUT2D eigenvalue weighted by Gasteiger charge is -2.13. The van der Waals surface area contributed by atoms with E-state index in [0.29, 0.717) is 6.54 Å². The molecule has 0 unspecified atom stereocenters. The zero-order chi connectivity index (χ0) is 14.4. The summed E-state index contributed by atoms with van der Waals surface area (Å²) in [5.74, 6) is 1.54. The first kappa shape index (κ1) is 14.3. The average Bonchev–Trinajstić information content (AvgIpc) is 2.52. The fraction of sp³-hybridized carbons (Fsp3) is 0.294. The molecule has 0 aromatic heterocycles. The van der Waals surface area contributed by atoms with Gasteiger partial charge in [0.05, 0.1) is 14.2 Å². The predicted molar refractivity (Wildman–Crippen MR) is 82.7 cm³/mol. The van der Waals surface area contributed by atoms with Crippen LogP contribution in [0.3, 0.4) is 0 Å². The summed E-state index contributed by atoms with van der Waals surface area (Å²) in [4.78, 5) is 0. The average molecular weight is 271 g/mol. The highest BCUT2D eigenvalue weighted by molar-refractivity contribution is 5.50. The zero-order valence-corrected chi connectivity index (χ0v) is 12.3. The molecule has 106 valence electrons. The van der Waals surface area contributed by atoms with Crippen molar-refractivity contribution in [1.29, 1.82) is 0 Å². The third-order valence-electron chi connectivity index (χ3n) is 3.33. The molecule has 0 amide bonds. The van der Waals surface area contributed by atoms with Crippen LogP contribution >= 0.6 is 0 Å². The number of ether oxygens (including phenoxy) is 2. The third kappa shape index (κ3) is 3.23. The number of anilines is 1. The molecule has 1 N–H and O–H groups in total. The van der Waals surface area contributed by atoms with E-state index in [-0.39, 0.29) is 0 Å². The van der Waals surface area contributed by atoms with Crippen molar-refractivity contribution >= 4 is 5.69 Å². The summed E-state index contributed by atoms with van der Waals surface area (Å²) in [5, 5.41) is 3.40. The summed E-state index contributed by atoms with van der Waals surface area (Å²) in [6.07, 6.45) is 1.06. The van der Waals surface area contributed by atoms with Crippen LogP contribution in [0.4, 0.5) is 5.69 Å². The van der Waals surface area contributed by atoms with Crippen molar-refractivity contribution in [2.24, 2.45) is 0 Å². The van der Waals surface area contributed by atoms with E-state index in [1.807, 2.05) is 18.2 Å². The van der Waals surface area contributed by atoms with Crippen LogP contribution < -0.4 is 14.8 Å². The fourth-order valence-corrected chi connectivity index (χ4v) is 2.15. The van der Waals surface area contributed by atoms with Gasteiger partial charge in [0, 0.05) is 17.8 Å². The number of aryl methyl sites for hydroxylation is 1. The molecule has 0 aliphatic rings. The Kier molecular flexibility index (Phi) is 4.88. The molecule has 0 bridgehead atoms. The van der Waals surface area contributed by atoms with E-state index in [0.717, 1.165) is 29.2 Å². The van der Waals surface area contributed by atoms with E-state index in [1.54, 1.807) is 14.2 Å². The molecule has 2 aromatic carbocycles. The standard InChI is InChI=1S/C17H21NO2/c1-4-13-8-10-15(11-9-13)18-12-14-6-5-7-16(19-2)17(14)20-3/h5-11,18H,4,12H2,1-3H3. The van der Waals surface area contributed by atoms with E-state index in [2.05, 4.69) is 36.5 Å². The molecule has 2 aromatic rings. The molecule has 0 saturated carbocycles. The first-order valence-corrected chi connectivity index (χ1v) is 6.81. The summed E-state index contributed by atoms with van der Waals surface area (Å²) in [5.41, 5.74) is 3.52. The molecule has 0 aliphatic carbocycles. The Balaban J connectivity index is 2.10. The van der Waals surface area contributed by atoms with Gasteiger partial charge in [-0.1, -0.05) is 31.2 Å². The van der Waals surface area contributed by atoms with Crippen molar-refractivity contribution in [3.8, 4) is 11.5 Å². The lowest BCUT2D eigenvalue weighted by molar-refractivity contribution is 0.352. The fourth-order valence-electron chi connectivity index (χ4n) is 2.15. The molecule has 0 fully saturated rings. The Hall–Kier alpha value is -2.16. The SMILES string of the molecule is CCc1ccc(NCc2cccc(OC)c2OC)cc1. The summed E-state index contributed by atoms with van der Waals surface area (Å²) in [6.45, 7) is 2.86. The molecule has 0 atom stereocenters. The molecule has 0 heterocycles. The second kappa shape index (κ2) is 6.85. The highest BCUT2D eigenvalue weighted by Gasteiger charge is 2.08. The Morgan fingerprint density at radius 3 is 2.30 bits per heavy atom. The minimum Gasteiger partial charge on any atom is -0.493 e. The lowest BCUT2D eigenvalue weighted by atomic mass is 10.1. The van der Waals surface area contributed by atoms with Crippen LogP contribution in [0, 0.1) is 0 Å². The quantitative estimate of drug-likeness (QED) is 0.865. The molecule has 0 aliphatic heterocycles.